The topological polar surface area (TPSA) is 88.2 Å². The van der Waals surface area contributed by atoms with Crippen molar-refractivity contribution >= 4 is 23.0 Å². The van der Waals surface area contributed by atoms with Crippen molar-refractivity contribution in [1.82, 2.24) is 0 Å². The summed E-state index contributed by atoms with van der Waals surface area (Å²) in [5, 5.41) is 11.0. The van der Waals surface area contributed by atoms with Crippen molar-refractivity contribution in [2.24, 2.45) is 0 Å². The molecule has 0 bridgehead atoms. The third-order valence-electron chi connectivity index (χ3n) is 3.13. The van der Waals surface area contributed by atoms with Crippen LogP contribution in [0.15, 0.2) is 55.1 Å². The van der Waals surface area contributed by atoms with Gasteiger partial charge in [-0.1, -0.05) is 18.7 Å². The van der Waals surface area contributed by atoms with E-state index in [1.165, 1.54) is 6.08 Å². The maximum atomic E-state index is 11.3. The first-order valence-electron chi connectivity index (χ1n) is 6.61. The molecular formula is C17H17N3O2. The normalized spacial score (nSPS) is 9.86. The number of hydrogen-bond acceptors (Lipinski definition) is 4. The molecule has 0 saturated carbocycles. The highest BCUT2D eigenvalue weighted by atomic mass is 16.5. The van der Waals surface area contributed by atoms with Gasteiger partial charge >= 0.3 is 0 Å². The molecule has 1 amide bonds. The van der Waals surface area contributed by atoms with Gasteiger partial charge in [-0.25, -0.2) is 0 Å². The summed E-state index contributed by atoms with van der Waals surface area (Å²) in [5.74, 6) is 0.341. The standard InChI is InChI=1S/C17H17N3O2/c1-3-16(21)20-12-6-4-5-11(9-12)17(19)14-8-7-13(22-2)10-15(14)18/h3-10,19H,1,18H2,2H3,(H,20,21). The van der Waals surface area contributed by atoms with Crippen molar-refractivity contribution < 1.29 is 9.53 Å². The molecule has 2 rings (SSSR count). The van der Waals surface area contributed by atoms with Crippen molar-refractivity contribution in [1.29, 1.82) is 5.41 Å². The minimum atomic E-state index is -0.298. The Hall–Kier alpha value is -3.08. The van der Waals surface area contributed by atoms with Crippen LogP contribution in [0.25, 0.3) is 0 Å². The Morgan fingerprint density at radius 1 is 1.32 bits per heavy atom. The number of carbonyl (C=O) groups is 1. The van der Waals surface area contributed by atoms with E-state index < -0.39 is 0 Å². The number of carbonyl (C=O) groups excluding carboxylic acids is 1. The number of ether oxygens (including phenoxy) is 1. The maximum Gasteiger partial charge on any atom is 0.247 e. The number of nitrogens with one attached hydrogen (secondary N) is 2. The number of nitrogen functional groups attached to an aromatic ring is 1. The van der Waals surface area contributed by atoms with Crippen molar-refractivity contribution in [3.8, 4) is 5.75 Å². The van der Waals surface area contributed by atoms with Gasteiger partial charge in [-0.15, -0.1) is 0 Å². The van der Waals surface area contributed by atoms with E-state index in [1.807, 2.05) is 0 Å². The van der Waals surface area contributed by atoms with Gasteiger partial charge in [0, 0.05) is 28.6 Å². The molecule has 2 aromatic rings. The van der Waals surface area contributed by atoms with Crippen LogP contribution in [-0.4, -0.2) is 18.7 Å². The number of anilines is 2. The van der Waals surface area contributed by atoms with Gasteiger partial charge in [0.25, 0.3) is 0 Å². The zero-order chi connectivity index (χ0) is 16.1. The van der Waals surface area contributed by atoms with Crippen LogP contribution in [-0.2, 0) is 4.79 Å². The fourth-order valence-electron chi connectivity index (χ4n) is 2.00. The molecule has 2 aromatic carbocycles. The predicted molar refractivity (Wildman–Crippen MR) is 88.6 cm³/mol. The SMILES string of the molecule is C=CC(=O)Nc1cccc(C(=N)c2ccc(OC)cc2N)c1. The lowest BCUT2D eigenvalue weighted by molar-refractivity contribution is -0.111. The number of rotatable bonds is 5. The Bertz CT molecular complexity index is 738. The highest BCUT2D eigenvalue weighted by Crippen LogP contribution is 2.23. The van der Waals surface area contributed by atoms with E-state index in [2.05, 4.69) is 11.9 Å². The van der Waals surface area contributed by atoms with E-state index >= 15 is 0 Å². The van der Waals surface area contributed by atoms with E-state index in [-0.39, 0.29) is 11.6 Å². The Kier molecular flexibility index (Phi) is 4.58. The first kappa shape index (κ1) is 15.3. The lowest BCUT2D eigenvalue weighted by Crippen LogP contribution is -2.09. The number of hydrogen-bond donors (Lipinski definition) is 3. The molecule has 5 heteroatoms. The lowest BCUT2D eigenvalue weighted by Gasteiger charge is -2.11. The van der Waals surface area contributed by atoms with Gasteiger partial charge in [0.1, 0.15) is 5.75 Å². The van der Waals surface area contributed by atoms with E-state index in [0.29, 0.717) is 28.3 Å². The molecule has 0 radical (unpaired) electrons. The second-order valence-corrected chi connectivity index (χ2v) is 4.60. The van der Waals surface area contributed by atoms with E-state index in [9.17, 15) is 4.79 Å². The van der Waals surface area contributed by atoms with Gasteiger partial charge in [0.05, 0.1) is 12.8 Å². The summed E-state index contributed by atoms with van der Waals surface area (Å²) in [7, 11) is 1.56. The molecule has 0 aliphatic rings. The molecule has 0 aliphatic carbocycles. The van der Waals surface area contributed by atoms with Crippen LogP contribution in [0.1, 0.15) is 11.1 Å². The Labute approximate surface area is 128 Å². The monoisotopic (exact) mass is 295 g/mol. The van der Waals surface area contributed by atoms with Gasteiger partial charge < -0.3 is 15.8 Å². The summed E-state index contributed by atoms with van der Waals surface area (Å²) >= 11 is 0. The molecule has 4 N–H and O–H groups in total. The minimum absolute atomic E-state index is 0.273. The van der Waals surface area contributed by atoms with Crippen LogP contribution in [0, 0.1) is 5.41 Å². The van der Waals surface area contributed by atoms with Crippen molar-refractivity contribution in [2.45, 2.75) is 0 Å². The fourth-order valence-corrected chi connectivity index (χ4v) is 2.00. The molecule has 0 fully saturated rings. The predicted octanol–water partition coefficient (Wildman–Crippen LogP) is 2.82. The first-order valence-corrected chi connectivity index (χ1v) is 6.61. The van der Waals surface area contributed by atoms with Crippen LogP contribution < -0.4 is 15.8 Å². The van der Waals surface area contributed by atoms with Gasteiger partial charge in [-0.2, -0.15) is 0 Å². The molecule has 0 unspecified atom stereocenters. The number of benzene rings is 2. The van der Waals surface area contributed by atoms with Gasteiger partial charge in [-0.05, 0) is 30.3 Å². The molecule has 0 spiro atoms. The molecule has 22 heavy (non-hydrogen) atoms. The van der Waals surface area contributed by atoms with Crippen LogP contribution in [0.5, 0.6) is 5.75 Å². The molecule has 0 aliphatic heterocycles. The lowest BCUT2D eigenvalue weighted by atomic mass is 10.0. The summed E-state index contributed by atoms with van der Waals surface area (Å²) < 4.78 is 5.10. The molecule has 0 heterocycles. The van der Waals surface area contributed by atoms with Gasteiger partial charge in [0.2, 0.25) is 5.91 Å². The zero-order valence-electron chi connectivity index (χ0n) is 12.2. The second kappa shape index (κ2) is 6.58. The average molecular weight is 295 g/mol. The quantitative estimate of drug-likeness (QED) is 0.450. The molecule has 0 atom stereocenters. The molecule has 0 aromatic heterocycles. The highest BCUT2D eigenvalue weighted by molar-refractivity contribution is 6.14. The Morgan fingerprint density at radius 2 is 2.09 bits per heavy atom. The number of nitrogens with two attached hydrogens (primary N) is 1. The third-order valence-corrected chi connectivity index (χ3v) is 3.13. The maximum absolute atomic E-state index is 11.3. The molecular weight excluding hydrogens is 278 g/mol. The summed E-state index contributed by atoms with van der Waals surface area (Å²) in [6.07, 6.45) is 1.19. The van der Waals surface area contributed by atoms with Crippen molar-refractivity contribution in [2.75, 3.05) is 18.2 Å². The van der Waals surface area contributed by atoms with Crippen LogP contribution in [0.3, 0.4) is 0 Å². The minimum Gasteiger partial charge on any atom is -0.497 e. The third kappa shape index (κ3) is 3.32. The molecule has 5 nitrogen and oxygen atoms in total. The summed E-state index contributed by atoms with van der Waals surface area (Å²) in [4.78, 5) is 11.3. The summed E-state index contributed by atoms with van der Waals surface area (Å²) in [5.41, 5.74) is 8.56. The van der Waals surface area contributed by atoms with E-state index in [0.717, 1.165) is 0 Å². The van der Waals surface area contributed by atoms with E-state index in [1.54, 1.807) is 49.6 Å². The Balaban J connectivity index is 2.31. The largest absolute Gasteiger partial charge is 0.497 e. The number of amides is 1. The first-order chi connectivity index (χ1) is 10.5. The van der Waals surface area contributed by atoms with Crippen molar-refractivity contribution in [3.05, 3.63) is 66.2 Å². The fraction of sp³-hybridized carbons (Fsp3) is 0.0588. The van der Waals surface area contributed by atoms with Crippen molar-refractivity contribution in [3.63, 3.8) is 0 Å². The highest BCUT2D eigenvalue weighted by Gasteiger charge is 2.10. The summed E-state index contributed by atoms with van der Waals surface area (Å²) in [6.45, 7) is 3.41. The van der Waals surface area contributed by atoms with Crippen LogP contribution >= 0.6 is 0 Å². The number of methoxy groups -OCH3 is 1. The smallest absolute Gasteiger partial charge is 0.247 e. The van der Waals surface area contributed by atoms with Gasteiger partial charge in [0.15, 0.2) is 0 Å². The second-order valence-electron chi connectivity index (χ2n) is 4.60. The molecule has 112 valence electrons. The average Bonchev–Trinajstić information content (AvgIpc) is 2.54. The van der Waals surface area contributed by atoms with E-state index in [4.69, 9.17) is 15.9 Å². The van der Waals surface area contributed by atoms with Crippen LogP contribution in [0.4, 0.5) is 11.4 Å². The summed E-state index contributed by atoms with van der Waals surface area (Å²) in [6, 6.07) is 12.2. The molecule has 0 saturated heterocycles. The van der Waals surface area contributed by atoms with Gasteiger partial charge in [-0.3, -0.25) is 10.2 Å². The Morgan fingerprint density at radius 3 is 2.73 bits per heavy atom. The zero-order valence-corrected chi connectivity index (χ0v) is 12.2. The van der Waals surface area contributed by atoms with Crippen LogP contribution in [0.2, 0.25) is 0 Å².